The molecule has 0 saturated carbocycles. The third kappa shape index (κ3) is 6.36. The molecule has 1 rings (SSSR count). The highest BCUT2D eigenvalue weighted by molar-refractivity contribution is 8.22. The molecule has 0 heterocycles. The average Bonchev–Trinajstić information content (AvgIpc) is 2.32. The van der Waals surface area contributed by atoms with Crippen LogP contribution in [0.25, 0.3) is 0 Å². The van der Waals surface area contributed by atoms with Gasteiger partial charge in [0, 0.05) is 12.2 Å². The summed E-state index contributed by atoms with van der Waals surface area (Å²) in [6, 6.07) is 6.50. The Kier molecular flexibility index (Phi) is 7.28. The first kappa shape index (κ1) is 15.4. The first-order valence-corrected chi connectivity index (χ1v) is 7.59. The van der Waals surface area contributed by atoms with Gasteiger partial charge >= 0.3 is 0 Å². The van der Waals surface area contributed by atoms with Gasteiger partial charge in [-0.3, -0.25) is 0 Å². The molecule has 18 heavy (non-hydrogen) atoms. The largest absolute Gasteiger partial charge is 0.475 e. The predicted molar refractivity (Wildman–Crippen MR) is 80.6 cm³/mol. The fraction of sp³-hybridized carbons (Fsp3) is 0.500. The van der Waals surface area contributed by atoms with Crippen molar-refractivity contribution in [1.82, 2.24) is 0 Å². The molecule has 0 radical (unpaired) electrons. The van der Waals surface area contributed by atoms with Crippen LogP contribution in [0.5, 0.6) is 0 Å². The van der Waals surface area contributed by atoms with Crippen LogP contribution in [0.1, 0.15) is 32.3 Å². The SMILES string of the molecule is CCCCSC(=S)OC(C)Cc1ccc(F)cc1. The Morgan fingerprint density at radius 2 is 2.06 bits per heavy atom. The second kappa shape index (κ2) is 8.48. The van der Waals surface area contributed by atoms with Gasteiger partial charge in [-0.15, -0.1) is 0 Å². The summed E-state index contributed by atoms with van der Waals surface area (Å²) in [5, 5.41) is 0. The third-order valence-electron chi connectivity index (χ3n) is 2.45. The van der Waals surface area contributed by atoms with Gasteiger partial charge in [-0.1, -0.05) is 37.2 Å². The van der Waals surface area contributed by atoms with Crippen LogP contribution < -0.4 is 0 Å². The molecule has 0 aliphatic carbocycles. The lowest BCUT2D eigenvalue weighted by atomic mass is 10.1. The summed E-state index contributed by atoms with van der Waals surface area (Å²) in [4.78, 5) is 0. The van der Waals surface area contributed by atoms with E-state index >= 15 is 0 Å². The van der Waals surface area contributed by atoms with Crippen molar-refractivity contribution in [3.05, 3.63) is 35.6 Å². The Balaban J connectivity index is 2.30. The van der Waals surface area contributed by atoms with Gasteiger partial charge in [0.1, 0.15) is 11.9 Å². The Hall–Kier alpha value is -0.610. The molecule has 0 aliphatic heterocycles. The van der Waals surface area contributed by atoms with E-state index in [4.69, 9.17) is 17.0 Å². The minimum absolute atomic E-state index is 0.0251. The summed E-state index contributed by atoms with van der Waals surface area (Å²) >= 11 is 6.75. The van der Waals surface area contributed by atoms with Crippen molar-refractivity contribution in [1.29, 1.82) is 0 Å². The van der Waals surface area contributed by atoms with E-state index in [0.29, 0.717) is 4.38 Å². The van der Waals surface area contributed by atoms with Gasteiger partial charge in [0.05, 0.1) is 0 Å². The van der Waals surface area contributed by atoms with Crippen molar-refractivity contribution >= 4 is 28.4 Å². The van der Waals surface area contributed by atoms with E-state index in [1.807, 2.05) is 6.92 Å². The van der Waals surface area contributed by atoms with E-state index in [-0.39, 0.29) is 11.9 Å². The van der Waals surface area contributed by atoms with Crippen LogP contribution in [-0.4, -0.2) is 16.2 Å². The minimum atomic E-state index is -0.210. The Bertz CT molecular complexity index is 365. The molecule has 1 aromatic carbocycles. The van der Waals surface area contributed by atoms with E-state index in [2.05, 4.69) is 6.92 Å². The lowest BCUT2D eigenvalue weighted by Gasteiger charge is -2.14. The summed E-state index contributed by atoms with van der Waals surface area (Å²) in [6.45, 7) is 4.14. The number of hydrogen-bond acceptors (Lipinski definition) is 3. The maximum absolute atomic E-state index is 12.8. The average molecular weight is 286 g/mol. The Labute approximate surface area is 118 Å². The molecule has 1 nitrogen and oxygen atoms in total. The topological polar surface area (TPSA) is 9.23 Å². The molecular formula is C14H19FOS2. The van der Waals surface area contributed by atoms with Crippen molar-refractivity contribution in [2.45, 2.75) is 39.2 Å². The number of ether oxygens (including phenoxy) is 1. The van der Waals surface area contributed by atoms with E-state index < -0.39 is 0 Å². The van der Waals surface area contributed by atoms with Crippen LogP contribution in [-0.2, 0) is 11.2 Å². The van der Waals surface area contributed by atoms with Crippen LogP contribution in [0.2, 0.25) is 0 Å². The van der Waals surface area contributed by atoms with Crippen LogP contribution in [0.3, 0.4) is 0 Å². The van der Waals surface area contributed by atoms with Crippen LogP contribution >= 0.6 is 24.0 Å². The van der Waals surface area contributed by atoms with Gasteiger partial charge in [0.25, 0.3) is 0 Å². The molecule has 1 unspecified atom stereocenters. The number of thioether (sulfide) groups is 1. The zero-order valence-corrected chi connectivity index (χ0v) is 12.5. The van der Waals surface area contributed by atoms with E-state index in [1.54, 1.807) is 23.9 Å². The lowest BCUT2D eigenvalue weighted by Crippen LogP contribution is -2.14. The van der Waals surface area contributed by atoms with Gasteiger partial charge < -0.3 is 4.74 Å². The third-order valence-corrected chi connectivity index (χ3v) is 3.73. The Morgan fingerprint density at radius 3 is 2.67 bits per heavy atom. The zero-order chi connectivity index (χ0) is 13.4. The summed E-state index contributed by atoms with van der Waals surface area (Å²) in [7, 11) is 0. The highest BCUT2D eigenvalue weighted by Gasteiger charge is 2.08. The summed E-state index contributed by atoms with van der Waals surface area (Å²) in [5.41, 5.74) is 1.06. The van der Waals surface area contributed by atoms with Gasteiger partial charge in [0.15, 0.2) is 0 Å². The summed E-state index contributed by atoms with van der Waals surface area (Å²) < 4.78 is 19.0. The summed E-state index contributed by atoms with van der Waals surface area (Å²) in [6.07, 6.45) is 3.09. The number of halogens is 1. The molecule has 1 atom stereocenters. The molecule has 0 bridgehead atoms. The minimum Gasteiger partial charge on any atom is -0.475 e. The number of benzene rings is 1. The number of hydrogen-bond donors (Lipinski definition) is 0. The molecule has 0 spiro atoms. The van der Waals surface area contributed by atoms with E-state index in [1.165, 1.54) is 18.6 Å². The van der Waals surface area contributed by atoms with E-state index in [0.717, 1.165) is 24.2 Å². The van der Waals surface area contributed by atoms with Gasteiger partial charge in [0.2, 0.25) is 4.38 Å². The van der Waals surface area contributed by atoms with Gasteiger partial charge in [-0.2, -0.15) is 0 Å². The van der Waals surface area contributed by atoms with Crippen LogP contribution in [0.4, 0.5) is 4.39 Å². The maximum Gasteiger partial charge on any atom is 0.220 e. The predicted octanol–water partition coefficient (Wildman–Crippen LogP) is 4.59. The molecule has 1 aromatic rings. The van der Waals surface area contributed by atoms with E-state index in [9.17, 15) is 4.39 Å². The zero-order valence-electron chi connectivity index (χ0n) is 10.8. The maximum atomic E-state index is 12.8. The molecular weight excluding hydrogens is 267 g/mol. The second-order valence-corrected chi connectivity index (χ2v) is 5.91. The quantitative estimate of drug-likeness (QED) is 0.559. The fourth-order valence-corrected chi connectivity index (χ4v) is 2.74. The lowest BCUT2D eigenvalue weighted by molar-refractivity contribution is 0.222. The normalized spacial score (nSPS) is 12.2. The van der Waals surface area contributed by atoms with Gasteiger partial charge in [-0.05, 0) is 43.3 Å². The first-order valence-electron chi connectivity index (χ1n) is 6.19. The molecule has 100 valence electrons. The molecule has 0 amide bonds. The molecule has 0 fully saturated rings. The van der Waals surface area contributed by atoms with Crippen molar-refractivity contribution in [2.75, 3.05) is 5.75 Å². The van der Waals surface area contributed by atoms with Gasteiger partial charge in [-0.25, -0.2) is 4.39 Å². The molecule has 0 aromatic heterocycles. The van der Waals surface area contributed by atoms with Crippen LogP contribution in [0.15, 0.2) is 24.3 Å². The smallest absolute Gasteiger partial charge is 0.220 e. The van der Waals surface area contributed by atoms with Crippen molar-refractivity contribution in [2.24, 2.45) is 0 Å². The molecule has 4 heteroatoms. The number of unbranched alkanes of at least 4 members (excludes halogenated alkanes) is 1. The Morgan fingerprint density at radius 1 is 1.39 bits per heavy atom. The summed E-state index contributed by atoms with van der Waals surface area (Å²) in [5.74, 6) is 0.802. The van der Waals surface area contributed by atoms with Crippen molar-refractivity contribution in [3.63, 3.8) is 0 Å². The van der Waals surface area contributed by atoms with Crippen molar-refractivity contribution < 1.29 is 9.13 Å². The monoisotopic (exact) mass is 286 g/mol. The molecule has 0 N–H and O–H groups in total. The second-order valence-electron chi connectivity index (χ2n) is 4.21. The van der Waals surface area contributed by atoms with Crippen molar-refractivity contribution in [3.8, 4) is 0 Å². The number of thiocarbonyl (C=S) groups is 1. The standard InChI is InChI=1S/C14H19FOS2/c1-3-4-9-18-14(17)16-11(2)10-12-5-7-13(15)8-6-12/h5-8,11H,3-4,9-10H2,1-2H3. The van der Waals surface area contributed by atoms with Crippen LogP contribution in [0, 0.1) is 5.82 Å². The highest BCUT2D eigenvalue weighted by Crippen LogP contribution is 2.13. The number of rotatable bonds is 6. The molecule has 0 saturated heterocycles. The molecule has 0 aliphatic rings. The highest BCUT2D eigenvalue weighted by atomic mass is 32.2. The first-order chi connectivity index (χ1) is 8.61. The fourth-order valence-electron chi connectivity index (χ4n) is 1.49.